The average Bonchev–Trinajstić information content (AvgIpc) is 2.86. The molecule has 3 nitrogen and oxygen atoms in total. The Morgan fingerprint density at radius 1 is 1.11 bits per heavy atom. The van der Waals surface area contributed by atoms with Crippen molar-refractivity contribution in [3.63, 3.8) is 0 Å². The third kappa shape index (κ3) is 2.30. The molecule has 1 fully saturated rings. The van der Waals surface area contributed by atoms with Crippen LogP contribution >= 0.6 is 0 Å². The topological polar surface area (TPSA) is 43.8 Å². The minimum absolute atomic E-state index is 0.113. The lowest BCUT2D eigenvalue weighted by Gasteiger charge is -2.34. The van der Waals surface area contributed by atoms with E-state index >= 15 is 0 Å². The lowest BCUT2D eigenvalue weighted by Crippen LogP contribution is -2.38. The van der Waals surface area contributed by atoms with Crippen molar-refractivity contribution in [2.75, 3.05) is 0 Å². The standard InChI is InChI=1S/C16H21N3/c1-19-12-11-18-15(19)13-5-7-14(8-6-13)16(17)9-3-2-4-10-16/h5-8,11-12H,2-4,9-10,17H2,1H3. The summed E-state index contributed by atoms with van der Waals surface area (Å²) < 4.78 is 2.04. The molecule has 3 rings (SSSR count). The molecule has 2 aromatic rings. The van der Waals surface area contributed by atoms with Crippen LogP contribution in [0.3, 0.4) is 0 Å². The van der Waals surface area contributed by atoms with E-state index in [9.17, 15) is 0 Å². The Hall–Kier alpha value is -1.61. The van der Waals surface area contributed by atoms with Crippen LogP contribution in [0.1, 0.15) is 37.7 Å². The highest BCUT2D eigenvalue weighted by molar-refractivity contribution is 5.56. The molecule has 0 spiro atoms. The lowest BCUT2D eigenvalue weighted by atomic mass is 9.77. The molecule has 2 N–H and O–H groups in total. The van der Waals surface area contributed by atoms with E-state index in [-0.39, 0.29) is 5.54 Å². The maximum absolute atomic E-state index is 6.56. The maximum Gasteiger partial charge on any atom is 0.139 e. The SMILES string of the molecule is Cn1ccnc1-c1ccc(C2(N)CCCCC2)cc1. The first-order chi connectivity index (χ1) is 9.19. The number of aryl methyl sites for hydroxylation is 1. The summed E-state index contributed by atoms with van der Waals surface area (Å²) in [5.41, 5.74) is 8.86. The Balaban J connectivity index is 1.89. The summed E-state index contributed by atoms with van der Waals surface area (Å²) in [6.07, 6.45) is 9.83. The van der Waals surface area contributed by atoms with Crippen LogP contribution in [0.25, 0.3) is 11.4 Å². The molecule has 1 aliphatic rings. The quantitative estimate of drug-likeness (QED) is 0.895. The van der Waals surface area contributed by atoms with Gasteiger partial charge >= 0.3 is 0 Å². The predicted octanol–water partition coefficient (Wildman–Crippen LogP) is 3.21. The fourth-order valence-corrected chi connectivity index (χ4v) is 3.07. The van der Waals surface area contributed by atoms with Gasteiger partial charge in [0, 0.05) is 30.5 Å². The van der Waals surface area contributed by atoms with Gasteiger partial charge < -0.3 is 10.3 Å². The van der Waals surface area contributed by atoms with Crippen molar-refractivity contribution in [3.8, 4) is 11.4 Å². The molecule has 1 saturated carbocycles. The first kappa shape index (κ1) is 12.4. The third-order valence-electron chi connectivity index (χ3n) is 4.28. The molecule has 0 aliphatic heterocycles. The zero-order valence-corrected chi connectivity index (χ0v) is 11.5. The molecule has 1 heterocycles. The van der Waals surface area contributed by atoms with E-state index in [1.165, 1.54) is 24.8 Å². The van der Waals surface area contributed by atoms with Gasteiger partial charge in [-0.1, -0.05) is 43.5 Å². The van der Waals surface area contributed by atoms with Crippen molar-refractivity contribution in [2.45, 2.75) is 37.6 Å². The molecule has 3 heteroatoms. The van der Waals surface area contributed by atoms with Crippen LogP contribution in [0.5, 0.6) is 0 Å². The van der Waals surface area contributed by atoms with Crippen LogP contribution in [-0.4, -0.2) is 9.55 Å². The monoisotopic (exact) mass is 255 g/mol. The Morgan fingerprint density at radius 3 is 2.37 bits per heavy atom. The molecule has 1 aromatic carbocycles. The van der Waals surface area contributed by atoms with Crippen LogP contribution in [-0.2, 0) is 12.6 Å². The molecule has 100 valence electrons. The van der Waals surface area contributed by atoms with E-state index in [1.54, 1.807) is 0 Å². The first-order valence-electron chi connectivity index (χ1n) is 7.06. The second-order valence-electron chi connectivity index (χ2n) is 5.66. The number of nitrogens with two attached hydrogens (primary N) is 1. The molecule has 0 atom stereocenters. The number of aromatic nitrogens is 2. The Labute approximate surface area is 114 Å². The fraction of sp³-hybridized carbons (Fsp3) is 0.438. The summed E-state index contributed by atoms with van der Waals surface area (Å²) in [5, 5.41) is 0. The second kappa shape index (κ2) is 4.82. The van der Waals surface area contributed by atoms with Gasteiger partial charge in [0.1, 0.15) is 5.82 Å². The van der Waals surface area contributed by atoms with E-state index < -0.39 is 0 Å². The maximum atomic E-state index is 6.56. The van der Waals surface area contributed by atoms with Crippen LogP contribution in [0, 0.1) is 0 Å². The minimum Gasteiger partial charge on any atom is -0.334 e. The van der Waals surface area contributed by atoms with E-state index in [2.05, 4.69) is 29.2 Å². The number of imidazole rings is 1. The lowest BCUT2D eigenvalue weighted by molar-refractivity contribution is 0.302. The summed E-state index contributed by atoms with van der Waals surface area (Å²) in [7, 11) is 2.02. The van der Waals surface area contributed by atoms with E-state index in [0.717, 1.165) is 24.2 Å². The van der Waals surface area contributed by atoms with E-state index in [0.29, 0.717) is 0 Å². The van der Waals surface area contributed by atoms with Crippen molar-refractivity contribution < 1.29 is 0 Å². The smallest absolute Gasteiger partial charge is 0.139 e. The van der Waals surface area contributed by atoms with E-state index in [1.807, 2.05) is 24.0 Å². The largest absolute Gasteiger partial charge is 0.334 e. The highest BCUT2D eigenvalue weighted by Gasteiger charge is 2.29. The van der Waals surface area contributed by atoms with Crippen molar-refractivity contribution in [2.24, 2.45) is 12.8 Å². The van der Waals surface area contributed by atoms with Gasteiger partial charge in [-0.05, 0) is 18.4 Å². The van der Waals surface area contributed by atoms with Crippen molar-refractivity contribution in [1.82, 2.24) is 9.55 Å². The van der Waals surface area contributed by atoms with Gasteiger partial charge in [0.05, 0.1) is 0 Å². The summed E-state index contributed by atoms with van der Waals surface area (Å²) in [5.74, 6) is 1.00. The molecule has 0 radical (unpaired) electrons. The molecule has 1 aliphatic carbocycles. The molecular weight excluding hydrogens is 234 g/mol. The van der Waals surface area contributed by atoms with Gasteiger partial charge in [-0.15, -0.1) is 0 Å². The molecule has 0 bridgehead atoms. The Kier molecular flexibility index (Phi) is 3.15. The summed E-state index contributed by atoms with van der Waals surface area (Å²) in [6, 6.07) is 8.63. The molecule has 1 aromatic heterocycles. The summed E-state index contributed by atoms with van der Waals surface area (Å²) >= 11 is 0. The number of nitrogens with zero attached hydrogens (tertiary/aromatic N) is 2. The summed E-state index contributed by atoms with van der Waals surface area (Å²) in [4.78, 5) is 4.38. The fourth-order valence-electron chi connectivity index (χ4n) is 3.07. The van der Waals surface area contributed by atoms with Crippen molar-refractivity contribution in [3.05, 3.63) is 42.2 Å². The molecule has 0 saturated heterocycles. The van der Waals surface area contributed by atoms with Gasteiger partial charge in [-0.25, -0.2) is 4.98 Å². The molecule has 0 amide bonds. The number of hydrogen-bond donors (Lipinski definition) is 1. The molecule has 19 heavy (non-hydrogen) atoms. The highest BCUT2D eigenvalue weighted by atomic mass is 15.0. The van der Waals surface area contributed by atoms with Crippen LogP contribution in [0.2, 0.25) is 0 Å². The summed E-state index contributed by atoms with van der Waals surface area (Å²) in [6.45, 7) is 0. The molecule has 0 unspecified atom stereocenters. The number of rotatable bonds is 2. The second-order valence-corrected chi connectivity index (χ2v) is 5.66. The molecular formula is C16H21N3. The Morgan fingerprint density at radius 2 is 1.79 bits per heavy atom. The third-order valence-corrected chi connectivity index (χ3v) is 4.28. The zero-order chi connectivity index (χ0) is 13.3. The van der Waals surface area contributed by atoms with Crippen molar-refractivity contribution >= 4 is 0 Å². The highest BCUT2D eigenvalue weighted by Crippen LogP contribution is 2.35. The first-order valence-corrected chi connectivity index (χ1v) is 7.06. The van der Waals surface area contributed by atoms with E-state index in [4.69, 9.17) is 5.73 Å². The number of benzene rings is 1. The zero-order valence-electron chi connectivity index (χ0n) is 11.5. The average molecular weight is 255 g/mol. The normalized spacial score (nSPS) is 18.4. The number of hydrogen-bond acceptors (Lipinski definition) is 2. The van der Waals surface area contributed by atoms with Gasteiger partial charge in [0.2, 0.25) is 0 Å². The Bertz CT molecular complexity index is 548. The van der Waals surface area contributed by atoms with Gasteiger partial charge in [-0.3, -0.25) is 0 Å². The van der Waals surface area contributed by atoms with Crippen LogP contribution in [0.15, 0.2) is 36.7 Å². The van der Waals surface area contributed by atoms with Crippen LogP contribution in [0.4, 0.5) is 0 Å². The van der Waals surface area contributed by atoms with Crippen LogP contribution < -0.4 is 5.73 Å². The van der Waals surface area contributed by atoms with Gasteiger partial charge in [0.25, 0.3) is 0 Å². The minimum atomic E-state index is -0.113. The van der Waals surface area contributed by atoms with Gasteiger partial charge in [-0.2, -0.15) is 0 Å². The predicted molar refractivity (Wildman–Crippen MR) is 77.6 cm³/mol. The van der Waals surface area contributed by atoms with Gasteiger partial charge in [0.15, 0.2) is 0 Å². The van der Waals surface area contributed by atoms with Crippen molar-refractivity contribution in [1.29, 1.82) is 0 Å².